The molecule has 0 saturated carbocycles. The van der Waals surface area contributed by atoms with Gasteiger partial charge in [0.15, 0.2) is 0 Å². The number of anilines is 2. The van der Waals surface area contributed by atoms with Crippen LogP contribution in [-0.4, -0.2) is 78.3 Å². The van der Waals surface area contributed by atoms with Gasteiger partial charge in [0.1, 0.15) is 0 Å². The van der Waals surface area contributed by atoms with Crippen molar-refractivity contribution in [1.29, 1.82) is 0 Å². The number of aromatic amines is 1. The number of amides is 1. The summed E-state index contributed by atoms with van der Waals surface area (Å²) in [6, 6.07) is 13.9. The molecule has 10 nitrogen and oxygen atoms in total. The number of rotatable bonds is 9. The van der Waals surface area contributed by atoms with Gasteiger partial charge >= 0.3 is 0 Å². The second-order valence-electron chi connectivity index (χ2n) is 9.81. The largest absolute Gasteiger partial charge is 0.360 e. The Kier molecular flexibility index (Phi) is 8.17. The fourth-order valence-electron chi connectivity index (χ4n) is 4.55. The molecule has 1 atom stereocenters. The molecule has 1 aliphatic heterocycles. The van der Waals surface area contributed by atoms with Crippen LogP contribution in [0.15, 0.2) is 78.0 Å². The highest BCUT2D eigenvalue weighted by atomic mass is 35.5. The van der Waals surface area contributed by atoms with E-state index in [1.165, 1.54) is 22.5 Å². The Labute approximate surface area is 238 Å². The summed E-state index contributed by atoms with van der Waals surface area (Å²) in [6.07, 6.45) is 7.22. The van der Waals surface area contributed by atoms with Crippen LogP contribution in [0.1, 0.15) is 6.42 Å². The molecule has 1 saturated heterocycles. The van der Waals surface area contributed by atoms with Crippen LogP contribution in [0.5, 0.6) is 0 Å². The molecule has 2 aromatic carbocycles. The molecule has 208 valence electrons. The van der Waals surface area contributed by atoms with E-state index in [4.69, 9.17) is 11.6 Å². The number of hydrogen-bond acceptors (Lipinski definition) is 7. The van der Waals surface area contributed by atoms with Crippen LogP contribution in [0, 0.1) is 0 Å². The molecule has 1 aliphatic rings. The first kappa shape index (κ1) is 27.8. The number of para-hydroxylation sites is 1. The first-order valence-corrected chi connectivity index (χ1v) is 14.6. The molecule has 2 aromatic heterocycles. The molecular formula is C28H30ClN7O3S. The normalized spacial score (nSPS) is 16.2. The van der Waals surface area contributed by atoms with Gasteiger partial charge in [0.05, 0.1) is 21.8 Å². The predicted molar refractivity (Wildman–Crippen MR) is 158 cm³/mol. The number of nitrogens with one attached hydrogen (secondary N) is 3. The monoisotopic (exact) mass is 579 g/mol. The molecule has 5 rings (SSSR count). The van der Waals surface area contributed by atoms with Gasteiger partial charge in [-0.3, -0.25) is 4.79 Å². The van der Waals surface area contributed by atoms with Gasteiger partial charge in [0.2, 0.25) is 21.9 Å². The average molecular weight is 580 g/mol. The van der Waals surface area contributed by atoms with Gasteiger partial charge in [0, 0.05) is 60.1 Å². The standard InChI is InChI=1S/C28H30ClN7O3S/c1-35(2)14-5-8-26(37)32-19-9-11-21(12-10-19)40(38,39)36-15-13-20(18-36)33-28-31-17-24(29)27(34-28)23-16-30-25-7-4-3-6-22(23)25/h3-12,16-17,20,30H,13-15,18H2,1-2H3,(H,32,37)(H,31,33,34). The van der Waals surface area contributed by atoms with E-state index >= 15 is 0 Å². The second kappa shape index (κ2) is 11.8. The number of H-pyrrole nitrogens is 1. The van der Waals surface area contributed by atoms with Gasteiger partial charge in [0.25, 0.3) is 0 Å². The van der Waals surface area contributed by atoms with Gasteiger partial charge in [-0.15, -0.1) is 0 Å². The summed E-state index contributed by atoms with van der Waals surface area (Å²) in [5, 5.41) is 7.44. The van der Waals surface area contributed by atoms with Gasteiger partial charge in [-0.05, 0) is 50.8 Å². The number of carbonyl (C=O) groups excluding carboxylic acids is 1. The van der Waals surface area contributed by atoms with E-state index in [1.54, 1.807) is 24.4 Å². The number of halogens is 1. The number of carbonyl (C=O) groups is 1. The molecular weight excluding hydrogens is 550 g/mol. The molecule has 40 heavy (non-hydrogen) atoms. The van der Waals surface area contributed by atoms with Crippen molar-refractivity contribution in [2.45, 2.75) is 17.4 Å². The van der Waals surface area contributed by atoms with Crippen LogP contribution < -0.4 is 10.6 Å². The van der Waals surface area contributed by atoms with Gasteiger partial charge in [-0.1, -0.05) is 35.9 Å². The summed E-state index contributed by atoms with van der Waals surface area (Å²) < 4.78 is 28.0. The highest BCUT2D eigenvalue weighted by Gasteiger charge is 2.33. The van der Waals surface area contributed by atoms with Crippen LogP contribution in [0.3, 0.4) is 0 Å². The van der Waals surface area contributed by atoms with Crippen LogP contribution in [0.2, 0.25) is 5.02 Å². The van der Waals surface area contributed by atoms with Crippen molar-refractivity contribution in [3.05, 3.63) is 78.1 Å². The maximum absolute atomic E-state index is 13.3. The van der Waals surface area contributed by atoms with Crippen molar-refractivity contribution >= 4 is 50.1 Å². The minimum atomic E-state index is -3.71. The molecule has 0 aliphatic carbocycles. The van der Waals surface area contributed by atoms with E-state index < -0.39 is 10.0 Å². The molecule has 1 unspecified atom stereocenters. The van der Waals surface area contributed by atoms with Crippen LogP contribution >= 0.6 is 11.6 Å². The van der Waals surface area contributed by atoms with Crippen LogP contribution in [-0.2, 0) is 14.8 Å². The molecule has 3 N–H and O–H groups in total. The molecule has 4 aromatic rings. The minimum absolute atomic E-state index is 0.165. The summed E-state index contributed by atoms with van der Waals surface area (Å²) in [5.74, 6) is 0.108. The maximum Gasteiger partial charge on any atom is 0.248 e. The molecule has 3 heterocycles. The van der Waals surface area contributed by atoms with Crippen molar-refractivity contribution in [1.82, 2.24) is 24.2 Å². The number of sulfonamides is 1. The lowest BCUT2D eigenvalue weighted by Gasteiger charge is -2.18. The topological polar surface area (TPSA) is 123 Å². The van der Waals surface area contributed by atoms with E-state index in [0.29, 0.717) is 41.9 Å². The van der Waals surface area contributed by atoms with Gasteiger partial charge in [-0.2, -0.15) is 4.31 Å². The van der Waals surface area contributed by atoms with E-state index in [0.717, 1.165) is 16.5 Å². The van der Waals surface area contributed by atoms with Gasteiger partial charge in [-0.25, -0.2) is 18.4 Å². The molecule has 1 amide bonds. The third-order valence-corrected chi connectivity index (χ3v) is 8.73. The van der Waals surface area contributed by atoms with Crippen molar-refractivity contribution in [3.8, 4) is 11.3 Å². The highest BCUT2D eigenvalue weighted by molar-refractivity contribution is 7.89. The Morgan fingerprint density at radius 2 is 1.98 bits per heavy atom. The predicted octanol–water partition coefficient (Wildman–Crippen LogP) is 4.21. The summed E-state index contributed by atoms with van der Waals surface area (Å²) in [5.41, 5.74) is 2.96. The number of nitrogens with zero attached hydrogens (tertiary/aromatic N) is 4. The lowest BCUT2D eigenvalue weighted by molar-refractivity contribution is -0.111. The molecule has 0 spiro atoms. The van der Waals surface area contributed by atoms with Crippen molar-refractivity contribution in [2.75, 3.05) is 44.4 Å². The lowest BCUT2D eigenvalue weighted by Crippen LogP contribution is -2.32. The number of benzene rings is 2. The SMILES string of the molecule is CN(C)CC=CC(=O)Nc1ccc(S(=O)(=O)N2CCC(Nc3ncc(Cl)c(-c4c[nH]c5ccccc45)n3)C2)cc1. The molecule has 0 bridgehead atoms. The Bertz CT molecular complexity index is 1650. The molecule has 12 heteroatoms. The summed E-state index contributed by atoms with van der Waals surface area (Å²) in [6.45, 7) is 1.27. The first-order chi connectivity index (χ1) is 19.2. The average Bonchev–Trinajstić information content (AvgIpc) is 3.58. The Balaban J connectivity index is 1.23. The summed E-state index contributed by atoms with van der Waals surface area (Å²) in [4.78, 5) is 26.4. The van der Waals surface area contributed by atoms with E-state index in [9.17, 15) is 13.2 Å². The number of likely N-dealkylation sites (N-methyl/N-ethyl adjacent to an activating group) is 1. The highest BCUT2D eigenvalue weighted by Crippen LogP contribution is 2.32. The fourth-order valence-corrected chi connectivity index (χ4v) is 6.25. The van der Waals surface area contributed by atoms with Crippen molar-refractivity contribution < 1.29 is 13.2 Å². The van der Waals surface area contributed by atoms with E-state index in [-0.39, 0.29) is 23.4 Å². The van der Waals surface area contributed by atoms with E-state index in [2.05, 4.69) is 25.6 Å². The maximum atomic E-state index is 13.3. The Morgan fingerprint density at radius 3 is 2.75 bits per heavy atom. The fraction of sp³-hybridized carbons (Fsp3) is 0.250. The zero-order valence-electron chi connectivity index (χ0n) is 22.1. The second-order valence-corrected chi connectivity index (χ2v) is 12.2. The number of fused-ring (bicyclic) bond motifs is 1. The van der Waals surface area contributed by atoms with Crippen LogP contribution in [0.4, 0.5) is 11.6 Å². The third kappa shape index (κ3) is 6.18. The van der Waals surface area contributed by atoms with Gasteiger partial charge < -0.3 is 20.5 Å². The Morgan fingerprint density at radius 1 is 1.20 bits per heavy atom. The zero-order valence-corrected chi connectivity index (χ0v) is 23.7. The quantitative estimate of drug-likeness (QED) is 0.254. The zero-order chi connectivity index (χ0) is 28.3. The third-order valence-electron chi connectivity index (χ3n) is 6.57. The van der Waals surface area contributed by atoms with Crippen molar-refractivity contribution in [2.24, 2.45) is 0 Å². The Hall–Kier alpha value is -3.77. The number of aromatic nitrogens is 3. The smallest absolute Gasteiger partial charge is 0.248 e. The van der Waals surface area contributed by atoms with Crippen LogP contribution in [0.25, 0.3) is 22.2 Å². The summed E-state index contributed by atoms with van der Waals surface area (Å²) in [7, 11) is 0.108. The minimum Gasteiger partial charge on any atom is -0.360 e. The summed E-state index contributed by atoms with van der Waals surface area (Å²) >= 11 is 6.45. The lowest BCUT2D eigenvalue weighted by atomic mass is 10.1. The van der Waals surface area contributed by atoms with E-state index in [1.807, 2.05) is 49.5 Å². The molecule has 0 radical (unpaired) electrons. The van der Waals surface area contributed by atoms with Crippen molar-refractivity contribution in [3.63, 3.8) is 0 Å². The number of hydrogen-bond donors (Lipinski definition) is 3. The molecule has 1 fully saturated rings. The first-order valence-electron chi connectivity index (χ1n) is 12.8.